The van der Waals surface area contributed by atoms with Gasteiger partial charge in [-0.15, -0.1) is 0 Å². The summed E-state index contributed by atoms with van der Waals surface area (Å²) in [6.07, 6.45) is 1.57. The Hall–Kier alpha value is -2.07. The lowest BCUT2D eigenvalue weighted by Gasteiger charge is -2.16. The largest absolute Gasteiger partial charge is 0.492 e. The number of benzene rings is 1. The van der Waals surface area contributed by atoms with Crippen LogP contribution in [0.3, 0.4) is 0 Å². The molecule has 0 radical (unpaired) electrons. The third kappa shape index (κ3) is 3.04. The number of aromatic nitrogens is 1. The number of carbonyl (C=O) groups is 1. The van der Waals surface area contributed by atoms with Crippen LogP contribution in [0.15, 0.2) is 36.5 Å². The Morgan fingerprint density at radius 2 is 2.13 bits per heavy atom. The van der Waals surface area contributed by atoms with Crippen molar-refractivity contribution in [2.45, 2.75) is 32.2 Å². The molecule has 120 valence electrons. The second-order valence-electron chi connectivity index (χ2n) is 6.45. The minimum Gasteiger partial charge on any atom is -0.492 e. The average Bonchev–Trinajstić information content (AvgIpc) is 2.83. The van der Waals surface area contributed by atoms with E-state index in [4.69, 9.17) is 16.3 Å². The maximum absolute atomic E-state index is 12.6. The average molecular weight is 331 g/mol. The Balaban J connectivity index is 1.82. The van der Waals surface area contributed by atoms with Gasteiger partial charge in [-0.3, -0.25) is 9.78 Å². The predicted molar refractivity (Wildman–Crippen MR) is 90.1 cm³/mol. The van der Waals surface area contributed by atoms with E-state index in [2.05, 4.69) is 24.1 Å². The zero-order valence-electron chi connectivity index (χ0n) is 13.4. The number of ether oxygens (including phenoxy) is 1. The number of fused-ring (bicyclic) bond motifs is 1. The minimum atomic E-state index is -0.218. The fourth-order valence-corrected chi connectivity index (χ4v) is 2.84. The number of nitrogens with zero attached hydrogens (tertiary/aromatic N) is 1. The van der Waals surface area contributed by atoms with E-state index >= 15 is 0 Å². The van der Waals surface area contributed by atoms with Gasteiger partial charge < -0.3 is 10.1 Å². The maximum Gasteiger partial charge on any atom is 0.255 e. The lowest BCUT2D eigenvalue weighted by Crippen LogP contribution is -2.27. The topological polar surface area (TPSA) is 51.2 Å². The standard InChI is InChI=1S/C18H19ClN2O2/c1-11(15-8-7-12(19)9-20-15)21-17(22)13-5-4-6-14-16(13)23-10-18(14,2)3/h4-9,11H,10H2,1-3H3,(H,21,22)/t11-/m0/s1. The Labute approximate surface area is 140 Å². The number of pyridine rings is 1. The van der Waals surface area contributed by atoms with Gasteiger partial charge in [0.15, 0.2) is 0 Å². The number of hydrogen-bond donors (Lipinski definition) is 1. The Morgan fingerprint density at radius 1 is 1.35 bits per heavy atom. The molecule has 1 aliphatic rings. The van der Waals surface area contributed by atoms with E-state index in [1.54, 1.807) is 18.3 Å². The number of nitrogens with one attached hydrogen (secondary N) is 1. The van der Waals surface area contributed by atoms with Crippen LogP contribution in [0.1, 0.15) is 48.4 Å². The molecular formula is C18H19ClN2O2. The van der Waals surface area contributed by atoms with E-state index < -0.39 is 0 Å². The second-order valence-corrected chi connectivity index (χ2v) is 6.89. The third-order valence-electron chi connectivity index (χ3n) is 4.11. The molecule has 0 aliphatic carbocycles. The molecule has 1 N–H and O–H groups in total. The van der Waals surface area contributed by atoms with Gasteiger partial charge >= 0.3 is 0 Å². The van der Waals surface area contributed by atoms with Crippen LogP contribution in [0.5, 0.6) is 5.75 Å². The van der Waals surface area contributed by atoms with Gasteiger partial charge in [0.1, 0.15) is 5.75 Å². The lowest BCUT2D eigenvalue weighted by molar-refractivity contribution is 0.0935. The van der Waals surface area contributed by atoms with Crippen LogP contribution in [0, 0.1) is 0 Å². The molecule has 1 aliphatic heterocycles. The number of amides is 1. The number of hydrogen-bond acceptors (Lipinski definition) is 3. The van der Waals surface area contributed by atoms with Crippen molar-refractivity contribution in [2.75, 3.05) is 6.61 Å². The zero-order chi connectivity index (χ0) is 16.6. The highest BCUT2D eigenvalue weighted by molar-refractivity contribution is 6.30. The number of rotatable bonds is 3. The van der Waals surface area contributed by atoms with Gasteiger partial charge in [0.25, 0.3) is 5.91 Å². The van der Waals surface area contributed by atoms with E-state index in [0.29, 0.717) is 22.9 Å². The van der Waals surface area contributed by atoms with Crippen LogP contribution in [0.4, 0.5) is 0 Å². The van der Waals surface area contributed by atoms with Crippen molar-refractivity contribution < 1.29 is 9.53 Å². The normalized spacial score (nSPS) is 16.3. The maximum atomic E-state index is 12.6. The molecule has 1 aromatic carbocycles. The van der Waals surface area contributed by atoms with Crippen molar-refractivity contribution >= 4 is 17.5 Å². The number of para-hydroxylation sites is 1. The quantitative estimate of drug-likeness (QED) is 0.928. The Kier molecular flexibility index (Phi) is 4.02. The smallest absolute Gasteiger partial charge is 0.255 e. The first kappa shape index (κ1) is 15.8. The van der Waals surface area contributed by atoms with Gasteiger partial charge in [0.05, 0.1) is 28.9 Å². The van der Waals surface area contributed by atoms with Gasteiger partial charge in [-0.25, -0.2) is 0 Å². The van der Waals surface area contributed by atoms with Crippen molar-refractivity contribution in [1.29, 1.82) is 0 Å². The highest BCUT2D eigenvalue weighted by Gasteiger charge is 2.34. The highest BCUT2D eigenvalue weighted by Crippen LogP contribution is 2.40. The Bertz CT molecular complexity index is 741. The molecule has 0 spiro atoms. The molecule has 2 heterocycles. The predicted octanol–water partition coefficient (Wildman–Crippen LogP) is 3.90. The summed E-state index contributed by atoms with van der Waals surface area (Å²) in [7, 11) is 0. The van der Waals surface area contributed by atoms with Gasteiger partial charge in [-0.1, -0.05) is 37.6 Å². The second kappa shape index (κ2) is 5.85. The molecule has 3 rings (SSSR count). The molecule has 5 heteroatoms. The van der Waals surface area contributed by atoms with E-state index in [0.717, 1.165) is 11.3 Å². The summed E-state index contributed by atoms with van der Waals surface area (Å²) in [5.74, 6) is 0.523. The first-order valence-electron chi connectivity index (χ1n) is 7.57. The van der Waals surface area contributed by atoms with Crippen LogP contribution in [0.2, 0.25) is 5.02 Å². The molecule has 23 heavy (non-hydrogen) atoms. The van der Waals surface area contributed by atoms with Crippen LogP contribution < -0.4 is 10.1 Å². The van der Waals surface area contributed by atoms with Gasteiger partial charge in [0.2, 0.25) is 0 Å². The summed E-state index contributed by atoms with van der Waals surface area (Å²) in [6.45, 7) is 6.70. The van der Waals surface area contributed by atoms with E-state index in [1.807, 2.05) is 25.1 Å². The van der Waals surface area contributed by atoms with Crippen molar-refractivity contribution in [2.24, 2.45) is 0 Å². The fraction of sp³-hybridized carbons (Fsp3) is 0.333. The van der Waals surface area contributed by atoms with Crippen molar-refractivity contribution in [3.05, 3.63) is 58.4 Å². The summed E-state index contributed by atoms with van der Waals surface area (Å²) < 4.78 is 5.78. The highest BCUT2D eigenvalue weighted by atomic mass is 35.5. The van der Waals surface area contributed by atoms with E-state index in [1.165, 1.54) is 0 Å². The van der Waals surface area contributed by atoms with Crippen molar-refractivity contribution in [1.82, 2.24) is 10.3 Å². The molecule has 1 atom stereocenters. The minimum absolute atomic E-state index is 0.0744. The van der Waals surface area contributed by atoms with Crippen LogP contribution in [0.25, 0.3) is 0 Å². The van der Waals surface area contributed by atoms with Gasteiger partial charge in [0, 0.05) is 17.2 Å². The molecule has 2 aromatic rings. The van der Waals surface area contributed by atoms with Crippen LogP contribution >= 0.6 is 11.6 Å². The molecule has 0 saturated carbocycles. The molecule has 0 unspecified atom stereocenters. The molecule has 4 nitrogen and oxygen atoms in total. The third-order valence-corrected chi connectivity index (χ3v) is 4.33. The fourth-order valence-electron chi connectivity index (χ4n) is 2.73. The molecule has 0 fully saturated rings. The summed E-state index contributed by atoms with van der Waals surface area (Å²) >= 11 is 5.84. The van der Waals surface area contributed by atoms with Crippen molar-refractivity contribution in [3.8, 4) is 5.75 Å². The zero-order valence-corrected chi connectivity index (χ0v) is 14.1. The Morgan fingerprint density at radius 3 is 2.83 bits per heavy atom. The SMILES string of the molecule is C[C@H](NC(=O)c1cccc2c1OCC2(C)C)c1ccc(Cl)cn1. The summed E-state index contributed by atoms with van der Waals surface area (Å²) in [4.78, 5) is 16.9. The van der Waals surface area contributed by atoms with E-state index in [-0.39, 0.29) is 17.4 Å². The van der Waals surface area contributed by atoms with Crippen LogP contribution in [-0.4, -0.2) is 17.5 Å². The summed E-state index contributed by atoms with van der Waals surface area (Å²) in [6, 6.07) is 9.06. The first-order chi connectivity index (χ1) is 10.9. The molecular weight excluding hydrogens is 312 g/mol. The first-order valence-corrected chi connectivity index (χ1v) is 7.95. The number of halogens is 1. The lowest BCUT2D eigenvalue weighted by atomic mass is 9.86. The van der Waals surface area contributed by atoms with Crippen LogP contribution in [-0.2, 0) is 5.41 Å². The summed E-state index contributed by atoms with van der Waals surface area (Å²) in [5.41, 5.74) is 2.32. The molecule has 1 aromatic heterocycles. The summed E-state index contributed by atoms with van der Waals surface area (Å²) in [5, 5.41) is 3.54. The molecule has 0 saturated heterocycles. The van der Waals surface area contributed by atoms with Gasteiger partial charge in [-0.05, 0) is 25.1 Å². The molecule has 0 bridgehead atoms. The number of carbonyl (C=O) groups excluding carboxylic acids is 1. The van der Waals surface area contributed by atoms with Gasteiger partial charge in [-0.2, -0.15) is 0 Å². The van der Waals surface area contributed by atoms with E-state index in [9.17, 15) is 4.79 Å². The monoisotopic (exact) mass is 330 g/mol. The molecule has 1 amide bonds. The van der Waals surface area contributed by atoms with Crippen molar-refractivity contribution in [3.63, 3.8) is 0 Å².